The molecule has 0 radical (unpaired) electrons. The first-order chi connectivity index (χ1) is 6.77. The summed E-state index contributed by atoms with van der Waals surface area (Å²) in [5.41, 5.74) is 1.09. The fraction of sp³-hybridized carbons (Fsp3) is 0.300. The maximum atomic E-state index is 11.0. The lowest BCUT2D eigenvalue weighted by molar-refractivity contribution is 0.168. The summed E-state index contributed by atoms with van der Waals surface area (Å²) < 4.78 is 5.37. The molecule has 3 nitrogen and oxygen atoms in total. The summed E-state index contributed by atoms with van der Waals surface area (Å²) >= 11 is 2.23. The Balaban J connectivity index is 2.68. The summed E-state index contributed by atoms with van der Waals surface area (Å²) in [6, 6.07) is 9.84. The van der Waals surface area contributed by atoms with Crippen LogP contribution in [0.1, 0.15) is 11.6 Å². The molecule has 0 aliphatic carbocycles. The molecular formula is C10H12INO2. The van der Waals surface area contributed by atoms with E-state index < -0.39 is 6.09 Å². The molecule has 14 heavy (non-hydrogen) atoms. The number of amides is 1. The zero-order valence-corrected chi connectivity index (χ0v) is 10.0. The number of halogens is 1. The summed E-state index contributed by atoms with van der Waals surface area (Å²) in [7, 11) is 1.37. The number of hydrogen-bond acceptors (Lipinski definition) is 2. The van der Waals surface area contributed by atoms with E-state index in [4.69, 9.17) is 0 Å². The molecule has 0 saturated heterocycles. The number of hydrogen-bond donors (Lipinski definition) is 1. The second-order valence-corrected chi connectivity index (χ2v) is 3.63. The normalized spacial score (nSPS) is 11.9. The molecule has 0 aliphatic heterocycles. The van der Waals surface area contributed by atoms with E-state index in [-0.39, 0.29) is 6.04 Å². The topological polar surface area (TPSA) is 38.3 Å². The highest BCUT2D eigenvalue weighted by molar-refractivity contribution is 14.1. The van der Waals surface area contributed by atoms with Crippen LogP contribution in [0.25, 0.3) is 0 Å². The van der Waals surface area contributed by atoms with Crippen molar-refractivity contribution in [3.63, 3.8) is 0 Å². The van der Waals surface area contributed by atoms with Gasteiger partial charge in [0.25, 0.3) is 0 Å². The third-order valence-electron chi connectivity index (χ3n) is 1.83. The van der Waals surface area contributed by atoms with Gasteiger partial charge in [-0.15, -0.1) is 0 Å². The second-order valence-electron chi connectivity index (χ2n) is 2.75. The first-order valence-electron chi connectivity index (χ1n) is 4.23. The molecule has 1 N–H and O–H groups in total. The molecule has 0 aromatic heterocycles. The maximum absolute atomic E-state index is 11.0. The van der Waals surface area contributed by atoms with Crippen LogP contribution in [0, 0.1) is 0 Å². The number of alkyl carbamates (subject to hydrolysis) is 1. The van der Waals surface area contributed by atoms with Gasteiger partial charge in [-0.3, -0.25) is 0 Å². The van der Waals surface area contributed by atoms with Crippen molar-refractivity contribution in [1.29, 1.82) is 0 Å². The molecule has 4 heteroatoms. The van der Waals surface area contributed by atoms with E-state index in [9.17, 15) is 4.79 Å². The van der Waals surface area contributed by atoms with Crippen LogP contribution in [0.15, 0.2) is 30.3 Å². The van der Waals surface area contributed by atoms with Crippen molar-refractivity contribution in [2.24, 2.45) is 0 Å². The van der Waals surface area contributed by atoms with Crippen LogP contribution in [0.3, 0.4) is 0 Å². The molecule has 0 saturated carbocycles. The van der Waals surface area contributed by atoms with Gasteiger partial charge in [-0.05, 0) is 5.56 Å². The number of carbonyl (C=O) groups excluding carboxylic acids is 1. The largest absolute Gasteiger partial charge is 0.453 e. The highest BCUT2D eigenvalue weighted by atomic mass is 127. The number of carbonyl (C=O) groups is 1. The molecule has 1 amide bonds. The van der Waals surface area contributed by atoms with E-state index >= 15 is 0 Å². The van der Waals surface area contributed by atoms with E-state index in [1.54, 1.807) is 0 Å². The Labute approximate surface area is 97.0 Å². The number of ether oxygens (including phenoxy) is 1. The monoisotopic (exact) mass is 305 g/mol. The lowest BCUT2D eigenvalue weighted by atomic mass is 10.1. The number of methoxy groups -OCH3 is 1. The van der Waals surface area contributed by atoms with Gasteiger partial charge in [0.15, 0.2) is 0 Å². The predicted molar refractivity (Wildman–Crippen MR) is 63.6 cm³/mol. The molecule has 0 spiro atoms. The lowest BCUT2D eigenvalue weighted by Crippen LogP contribution is -2.29. The van der Waals surface area contributed by atoms with Gasteiger partial charge in [0, 0.05) is 4.43 Å². The van der Waals surface area contributed by atoms with Gasteiger partial charge in [-0.1, -0.05) is 52.9 Å². The first-order valence-corrected chi connectivity index (χ1v) is 5.76. The molecule has 76 valence electrons. The Hall–Kier alpha value is -0.780. The molecule has 1 atom stereocenters. The Morgan fingerprint density at radius 2 is 2.14 bits per heavy atom. The zero-order chi connectivity index (χ0) is 10.4. The molecule has 1 aromatic rings. The van der Waals surface area contributed by atoms with Crippen molar-refractivity contribution in [3.05, 3.63) is 35.9 Å². The molecule has 1 rings (SSSR count). The van der Waals surface area contributed by atoms with Gasteiger partial charge in [-0.2, -0.15) is 0 Å². The Bertz CT molecular complexity index is 289. The molecular weight excluding hydrogens is 293 g/mol. The van der Waals surface area contributed by atoms with Crippen molar-refractivity contribution in [1.82, 2.24) is 5.32 Å². The van der Waals surface area contributed by atoms with Crippen molar-refractivity contribution in [2.45, 2.75) is 6.04 Å². The maximum Gasteiger partial charge on any atom is 0.407 e. The fourth-order valence-electron chi connectivity index (χ4n) is 1.10. The highest BCUT2D eigenvalue weighted by Gasteiger charge is 2.12. The summed E-state index contributed by atoms with van der Waals surface area (Å²) in [5.74, 6) is 0. The Morgan fingerprint density at radius 1 is 1.50 bits per heavy atom. The third kappa shape index (κ3) is 3.17. The van der Waals surface area contributed by atoms with Gasteiger partial charge in [-0.25, -0.2) is 4.79 Å². The van der Waals surface area contributed by atoms with Gasteiger partial charge < -0.3 is 10.1 Å². The summed E-state index contributed by atoms with van der Waals surface area (Å²) in [4.78, 5) is 11.0. The minimum atomic E-state index is -0.393. The lowest BCUT2D eigenvalue weighted by Gasteiger charge is -2.15. The molecule has 0 aliphatic rings. The van der Waals surface area contributed by atoms with Crippen LogP contribution >= 0.6 is 22.6 Å². The van der Waals surface area contributed by atoms with Crippen molar-refractivity contribution in [2.75, 3.05) is 11.5 Å². The average Bonchev–Trinajstić information content (AvgIpc) is 2.26. The third-order valence-corrected chi connectivity index (χ3v) is 2.71. The molecule has 0 unspecified atom stereocenters. The smallest absolute Gasteiger partial charge is 0.407 e. The Morgan fingerprint density at radius 3 is 2.64 bits per heavy atom. The highest BCUT2D eigenvalue weighted by Crippen LogP contribution is 2.14. The SMILES string of the molecule is COC(=O)N[C@H](CI)c1ccccc1. The van der Waals surface area contributed by atoms with E-state index in [1.807, 2.05) is 30.3 Å². The molecule has 1 aromatic carbocycles. The van der Waals surface area contributed by atoms with Crippen LogP contribution in [0.2, 0.25) is 0 Å². The van der Waals surface area contributed by atoms with Gasteiger partial charge >= 0.3 is 6.09 Å². The Kier molecular flexibility index (Phi) is 4.72. The summed E-state index contributed by atoms with van der Waals surface area (Å²) in [5, 5.41) is 2.76. The second kappa shape index (κ2) is 5.85. The van der Waals surface area contributed by atoms with Crippen LogP contribution in [-0.2, 0) is 4.74 Å². The van der Waals surface area contributed by atoms with E-state index in [2.05, 4.69) is 32.6 Å². The molecule has 0 heterocycles. The quantitative estimate of drug-likeness (QED) is 0.688. The van der Waals surface area contributed by atoms with E-state index in [0.29, 0.717) is 0 Å². The first kappa shape index (κ1) is 11.3. The minimum Gasteiger partial charge on any atom is -0.453 e. The number of rotatable bonds is 3. The van der Waals surface area contributed by atoms with Crippen LogP contribution in [-0.4, -0.2) is 17.6 Å². The standard InChI is InChI=1S/C10H12INO2/c1-14-10(13)12-9(7-11)8-5-3-2-4-6-8/h2-6,9H,7H2,1H3,(H,12,13)/t9-/m1/s1. The predicted octanol–water partition coefficient (Wildman–Crippen LogP) is 2.52. The van der Waals surface area contributed by atoms with Crippen molar-refractivity contribution in [3.8, 4) is 0 Å². The number of benzene rings is 1. The average molecular weight is 305 g/mol. The van der Waals surface area contributed by atoms with Gasteiger partial charge in [0.2, 0.25) is 0 Å². The minimum absolute atomic E-state index is 0.0178. The zero-order valence-electron chi connectivity index (χ0n) is 7.87. The number of nitrogens with one attached hydrogen (secondary N) is 1. The van der Waals surface area contributed by atoms with Crippen molar-refractivity contribution >= 4 is 28.7 Å². The summed E-state index contributed by atoms with van der Waals surface area (Å²) in [6.07, 6.45) is -0.393. The van der Waals surface area contributed by atoms with E-state index in [0.717, 1.165) is 9.99 Å². The summed E-state index contributed by atoms with van der Waals surface area (Å²) in [6.45, 7) is 0. The molecule has 0 fully saturated rings. The fourth-order valence-corrected chi connectivity index (χ4v) is 1.83. The van der Waals surface area contributed by atoms with Crippen molar-refractivity contribution < 1.29 is 9.53 Å². The van der Waals surface area contributed by atoms with E-state index in [1.165, 1.54) is 7.11 Å². The van der Waals surface area contributed by atoms with Crippen LogP contribution in [0.4, 0.5) is 4.79 Å². The van der Waals surface area contributed by atoms with Gasteiger partial charge in [0.05, 0.1) is 13.2 Å². The van der Waals surface area contributed by atoms with Crippen LogP contribution in [0.5, 0.6) is 0 Å². The van der Waals surface area contributed by atoms with Gasteiger partial charge in [0.1, 0.15) is 0 Å². The van der Waals surface area contributed by atoms with Crippen LogP contribution < -0.4 is 5.32 Å². The number of alkyl halides is 1. The molecule has 0 bridgehead atoms.